The van der Waals surface area contributed by atoms with E-state index in [0.717, 1.165) is 12.8 Å². The molecule has 1 amide bonds. The first-order valence-electron chi connectivity index (χ1n) is 13.2. The third-order valence-electron chi connectivity index (χ3n) is 7.89. The minimum atomic E-state index is -0.236. The summed E-state index contributed by atoms with van der Waals surface area (Å²) in [5, 5.41) is 0. The van der Waals surface area contributed by atoms with Gasteiger partial charge in [0.05, 0.1) is 25.3 Å². The number of unbranched alkanes of at least 4 members (excludes halogenated alkanes) is 1. The molecule has 2 atom stereocenters. The Kier molecular flexibility index (Phi) is 6.37. The van der Waals surface area contributed by atoms with E-state index in [0.29, 0.717) is 19.8 Å². The van der Waals surface area contributed by atoms with Crippen LogP contribution < -0.4 is 0 Å². The van der Waals surface area contributed by atoms with Crippen LogP contribution in [0.15, 0.2) is 78.9 Å². The van der Waals surface area contributed by atoms with Crippen LogP contribution in [0.2, 0.25) is 0 Å². The van der Waals surface area contributed by atoms with E-state index in [1.807, 2.05) is 4.90 Å². The summed E-state index contributed by atoms with van der Waals surface area (Å²) in [6.45, 7) is 3.63. The molecule has 2 heterocycles. The molecule has 36 heavy (non-hydrogen) atoms. The van der Waals surface area contributed by atoms with Gasteiger partial charge in [-0.15, -0.1) is 0 Å². The van der Waals surface area contributed by atoms with Crippen molar-refractivity contribution in [2.45, 2.75) is 50.6 Å². The molecule has 1 saturated heterocycles. The highest BCUT2D eigenvalue weighted by atomic mass is 16.6. The molecule has 0 radical (unpaired) electrons. The summed E-state index contributed by atoms with van der Waals surface area (Å²) in [6, 6.07) is 25.8. The largest absolute Gasteiger partial charge is 0.448 e. The predicted octanol–water partition coefficient (Wildman–Crippen LogP) is 6.83. The van der Waals surface area contributed by atoms with Gasteiger partial charge in [0, 0.05) is 5.92 Å². The van der Waals surface area contributed by atoms with E-state index in [4.69, 9.17) is 9.47 Å². The molecular weight excluding hydrogens is 446 g/mol. The molecule has 2 bridgehead atoms. The number of rotatable bonds is 6. The first-order valence-corrected chi connectivity index (χ1v) is 13.2. The average molecular weight is 480 g/mol. The number of benzene rings is 3. The molecule has 0 spiro atoms. The van der Waals surface area contributed by atoms with Crippen molar-refractivity contribution in [2.75, 3.05) is 19.8 Å². The lowest BCUT2D eigenvalue weighted by Gasteiger charge is -2.44. The maximum atomic E-state index is 13.4. The molecule has 3 aromatic rings. The SMILES string of the molecule is CCCCc1ccc(C2=CC3COCC(C2)N3C(=O)OCC2c3ccccc3-c3ccccc32)cc1. The van der Waals surface area contributed by atoms with Crippen LogP contribution in [0.1, 0.15) is 54.4 Å². The van der Waals surface area contributed by atoms with E-state index in [2.05, 4.69) is 85.8 Å². The molecule has 184 valence electrons. The van der Waals surface area contributed by atoms with Gasteiger partial charge in [-0.2, -0.15) is 0 Å². The number of carbonyl (C=O) groups is 1. The molecule has 0 N–H and O–H groups in total. The highest BCUT2D eigenvalue weighted by molar-refractivity contribution is 5.79. The van der Waals surface area contributed by atoms with Gasteiger partial charge in [-0.1, -0.05) is 92.2 Å². The summed E-state index contributed by atoms with van der Waals surface area (Å²) < 4.78 is 11.9. The Balaban J connectivity index is 1.17. The first-order chi connectivity index (χ1) is 17.7. The van der Waals surface area contributed by atoms with E-state index in [1.54, 1.807) is 0 Å². The average Bonchev–Trinajstić information content (AvgIpc) is 3.24. The van der Waals surface area contributed by atoms with E-state index in [1.165, 1.54) is 51.8 Å². The summed E-state index contributed by atoms with van der Waals surface area (Å²) in [7, 11) is 0. The molecule has 4 nitrogen and oxygen atoms in total. The molecule has 2 aliphatic heterocycles. The molecule has 0 saturated carbocycles. The first kappa shape index (κ1) is 23.1. The highest BCUT2D eigenvalue weighted by Gasteiger charge is 2.39. The number of ether oxygens (including phenoxy) is 2. The van der Waals surface area contributed by atoms with Gasteiger partial charge >= 0.3 is 6.09 Å². The van der Waals surface area contributed by atoms with Crippen molar-refractivity contribution in [3.63, 3.8) is 0 Å². The molecule has 3 aliphatic rings. The summed E-state index contributed by atoms with van der Waals surface area (Å²) in [4.78, 5) is 15.3. The molecule has 4 heteroatoms. The summed E-state index contributed by atoms with van der Waals surface area (Å²) in [5.74, 6) is 0.0690. The standard InChI is InChI=1S/C32H33NO3/c1-2-3-8-22-13-15-23(16-14-22)24-17-25-19-35-20-26(18-24)33(25)32(34)36-21-31-29-11-6-4-9-27(29)28-10-5-7-12-30(28)31/h4-7,9-17,25-26,31H,2-3,8,18-21H2,1H3. The van der Waals surface area contributed by atoms with Crippen LogP contribution >= 0.6 is 0 Å². The van der Waals surface area contributed by atoms with Gasteiger partial charge < -0.3 is 9.47 Å². The number of amides is 1. The summed E-state index contributed by atoms with van der Waals surface area (Å²) in [5.41, 5.74) is 8.89. The Morgan fingerprint density at radius 3 is 2.31 bits per heavy atom. The minimum Gasteiger partial charge on any atom is -0.448 e. The second-order valence-electron chi connectivity index (χ2n) is 10.2. The molecule has 6 rings (SSSR count). The molecular formula is C32H33NO3. The zero-order chi connectivity index (χ0) is 24.5. The number of hydrogen-bond acceptors (Lipinski definition) is 3. The topological polar surface area (TPSA) is 38.8 Å². The van der Waals surface area contributed by atoms with E-state index in [-0.39, 0.29) is 24.1 Å². The number of aryl methyl sites for hydroxylation is 1. The number of fused-ring (bicyclic) bond motifs is 5. The zero-order valence-electron chi connectivity index (χ0n) is 20.9. The minimum absolute atomic E-state index is 0.000770. The van der Waals surface area contributed by atoms with Crippen LogP contribution in [0.4, 0.5) is 4.79 Å². The lowest BCUT2D eigenvalue weighted by Crippen LogP contribution is -2.56. The van der Waals surface area contributed by atoms with Crippen molar-refractivity contribution in [2.24, 2.45) is 0 Å². The third kappa shape index (κ3) is 4.24. The van der Waals surface area contributed by atoms with Crippen molar-refractivity contribution >= 4 is 11.7 Å². The van der Waals surface area contributed by atoms with Gasteiger partial charge in [-0.25, -0.2) is 4.79 Å². The monoisotopic (exact) mass is 479 g/mol. The fourth-order valence-electron chi connectivity index (χ4n) is 6.03. The second kappa shape index (κ2) is 9.94. The van der Waals surface area contributed by atoms with Gasteiger partial charge in [-0.05, 0) is 58.2 Å². The van der Waals surface area contributed by atoms with Crippen molar-refractivity contribution in [3.8, 4) is 11.1 Å². The van der Waals surface area contributed by atoms with Crippen LogP contribution in [0.25, 0.3) is 16.7 Å². The van der Waals surface area contributed by atoms with E-state index >= 15 is 0 Å². The van der Waals surface area contributed by atoms with Crippen molar-refractivity contribution < 1.29 is 14.3 Å². The fourth-order valence-corrected chi connectivity index (χ4v) is 6.03. The third-order valence-corrected chi connectivity index (χ3v) is 7.89. The van der Waals surface area contributed by atoms with E-state index in [9.17, 15) is 4.79 Å². The highest BCUT2D eigenvalue weighted by Crippen LogP contribution is 2.44. The second-order valence-corrected chi connectivity index (χ2v) is 10.2. The van der Waals surface area contributed by atoms with Crippen LogP contribution in [0, 0.1) is 0 Å². The van der Waals surface area contributed by atoms with E-state index < -0.39 is 0 Å². The van der Waals surface area contributed by atoms with Crippen LogP contribution in [0.5, 0.6) is 0 Å². The number of nitrogens with zero attached hydrogens (tertiary/aromatic N) is 1. The quantitative estimate of drug-likeness (QED) is 0.389. The van der Waals surface area contributed by atoms with Crippen molar-refractivity contribution in [1.82, 2.24) is 4.90 Å². The van der Waals surface area contributed by atoms with Crippen LogP contribution in [-0.2, 0) is 15.9 Å². The molecule has 2 unspecified atom stereocenters. The summed E-state index contributed by atoms with van der Waals surface area (Å²) >= 11 is 0. The predicted molar refractivity (Wildman–Crippen MR) is 143 cm³/mol. The van der Waals surface area contributed by atoms with Gasteiger partial charge in [-0.3, -0.25) is 4.90 Å². The molecule has 1 fully saturated rings. The number of hydrogen-bond donors (Lipinski definition) is 0. The fraction of sp³-hybridized carbons (Fsp3) is 0.344. The lowest BCUT2D eigenvalue weighted by atomic mass is 9.89. The van der Waals surface area contributed by atoms with Crippen LogP contribution in [0.3, 0.4) is 0 Å². The zero-order valence-corrected chi connectivity index (χ0v) is 20.9. The number of carbonyl (C=O) groups excluding carboxylic acids is 1. The Morgan fingerprint density at radius 2 is 1.64 bits per heavy atom. The lowest BCUT2D eigenvalue weighted by molar-refractivity contribution is -0.0331. The molecule has 3 aromatic carbocycles. The Bertz CT molecular complexity index is 1230. The Morgan fingerprint density at radius 1 is 0.944 bits per heavy atom. The normalized spacial score (nSPS) is 20.5. The van der Waals surface area contributed by atoms with Crippen molar-refractivity contribution in [1.29, 1.82) is 0 Å². The molecule has 0 aromatic heterocycles. The van der Waals surface area contributed by atoms with Gasteiger partial charge in [0.1, 0.15) is 6.61 Å². The number of morpholine rings is 1. The van der Waals surface area contributed by atoms with Crippen LogP contribution in [-0.4, -0.2) is 42.9 Å². The smallest absolute Gasteiger partial charge is 0.410 e. The Hall–Kier alpha value is -3.37. The van der Waals surface area contributed by atoms with Crippen molar-refractivity contribution in [3.05, 3.63) is 101 Å². The van der Waals surface area contributed by atoms with Gasteiger partial charge in [0.25, 0.3) is 0 Å². The maximum absolute atomic E-state index is 13.4. The van der Waals surface area contributed by atoms with Gasteiger partial charge in [0.2, 0.25) is 0 Å². The molecule has 1 aliphatic carbocycles. The Labute approximate surface area is 213 Å². The maximum Gasteiger partial charge on any atom is 0.410 e. The summed E-state index contributed by atoms with van der Waals surface area (Å²) in [6.07, 6.45) is 6.32. The van der Waals surface area contributed by atoms with Gasteiger partial charge in [0.15, 0.2) is 0 Å².